The lowest BCUT2D eigenvalue weighted by Crippen LogP contribution is -2.23. The van der Waals surface area contributed by atoms with Crippen molar-refractivity contribution >= 4 is 5.97 Å². The van der Waals surface area contributed by atoms with E-state index in [0.29, 0.717) is 19.1 Å². The number of esters is 1. The Morgan fingerprint density at radius 2 is 2.00 bits per heavy atom. The standard InChI is InChI=1S/C12H24O4/c1-5-6-7-15-11(13)8-12(14-4)16-9-10(2)3/h10,12H,5-9H2,1-4H3. The number of carbonyl (C=O) groups excluding carboxylic acids is 1. The molecule has 0 saturated heterocycles. The van der Waals surface area contributed by atoms with Crippen molar-refractivity contribution < 1.29 is 19.0 Å². The van der Waals surface area contributed by atoms with Gasteiger partial charge in [0.15, 0.2) is 6.29 Å². The van der Waals surface area contributed by atoms with Crippen LogP contribution in [-0.4, -0.2) is 32.6 Å². The molecule has 0 aliphatic rings. The van der Waals surface area contributed by atoms with Crippen LogP contribution < -0.4 is 0 Å². The molecule has 0 saturated carbocycles. The van der Waals surface area contributed by atoms with Gasteiger partial charge in [-0.1, -0.05) is 27.2 Å². The quantitative estimate of drug-likeness (QED) is 0.348. The summed E-state index contributed by atoms with van der Waals surface area (Å²) in [4.78, 5) is 11.3. The SMILES string of the molecule is CCCCOC(=O)CC(OC)OCC(C)C. The van der Waals surface area contributed by atoms with Crippen LogP contribution in [0.15, 0.2) is 0 Å². The van der Waals surface area contributed by atoms with Gasteiger partial charge in [0.05, 0.1) is 19.6 Å². The van der Waals surface area contributed by atoms with Gasteiger partial charge in [0.25, 0.3) is 0 Å². The van der Waals surface area contributed by atoms with E-state index in [9.17, 15) is 4.79 Å². The van der Waals surface area contributed by atoms with Gasteiger partial charge in [-0.25, -0.2) is 0 Å². The van der Waals surface area contributed by atoms with Crippen molar-refractivity contribution in [2.75, 3.05) is 20.3 Å². The van der Waals surface area contributed by atoms with Crippen LogP contribution in [0.4, 0.5) is 0 Å². The molecule has 0 radical (unpaired) electrons. The number of unbranched alkanes of at least 4 members (excludes halogenated alkanes) is 1. The summed E-state index contributed by atoms with van der Waals surface area (Å²) in [7, 11) is 1.53. The van der Waals surface area contributed by atoms with Gasteiger partial charge in [-0.15, -0.1) is 0 Å². The Morgan fingerprint density at radius 3 is 2.50 bits per heavy atom. The van der Waals surface area contributed by atoms with E-state index in [1.165, 1.54) is 7.11 Å². The zero-order valence-corrected chi connectivity index (χ0v) is 10.8. The Kier molecular flexibility index (Phi) is 9.24. The first-order valence-electron chi connectivity index (χ1n) is 5.90. The van der Waals surface area contributed by atoms with Crippen LogP contribution in [0.25, 0.3) is 0 Å². The van der Waals surface area contributed by atoms with Crippen LogP contribution in [-0.2, 0) is 19.0 Å². The predicted molar refractivity (Wildman–Crippen MR) is 62.1 cm³/mol. The van der Waals surface area contributed by atoms with Gasteiger partial charge in [-0.2, -0.15) is 0 Å². The minimum atomic E-state index is -0.489. The van der Waals surface area contributed by atoms with E-state index in [4.69, 9.17) is 14.2 Å². The zero-order chi connectivity index (χ0) is 12.4. The number of hydrogen-bond donors (Lipinski definition) is 0. The largest absolute Gasteiger partial charge is 0.466 e. The smallest absolute Gasteiger partial charge is 0.310 e. The second kappa shape index (κ2) is 9.60. The first-order chi connectivity index (χ1) is 7.60. The third-order valence-corrected chi connectivity index (χ3v) is 1.97. The van der Waals surface area contributed by atoms with Gasteiger partial charge in [0.1, 0.15) is 0 Å². The Bertz CT molecular complexity index is 180. The third-order valence-electron chi connectivity index (χ3n) is 1.97. The molecule has 0 fully saturated rings. The molecule has 16 heavy (non-hydrogen) atoms. The maximum absolute atomic E-state index is 11.3. The highest BCUT2D eigenvalue weighted by Gasteiger charge is 2.15. The molecule has 0 rings (SSSR count). The van der Waals surface area contributed by atoms with Crippen molar-refractivity contribution in [2.24, 2.45) is 5.92 Å². The monoisotopic (exact) mass is 232 g/mol. The summed E-state index contributed by atoms with van der Waals surface area (Å²) in [5.41, 5.74) is 0. The number of methoxy groups -OCH3 is 1. The molecule has 0 heterocycles. The summed E-state index contributed by atoms with van der Waals surface area (Å²) in [6.45, 7) is 7.22. The molecule has 4 heteroatoms. The summed E-state index contributed by atoms with van der Waals surface area (Å²) < 4.78 is 15.5. The molecule has 0 spiro atoms. The van der Waals surface area contributed by atoms with E-state index in [1.807, 2.05) is 13.8 Å². The molecule has 0 aliphatic carbocycles. The van der Waals surface area contributed by atoms with Gasteiger partial charge in [0, 0.05) is 7.11 Å². The second-order valence-corrected chi connectivity index (χ2v) is 4.17. The fourth-order valence-corrected chi connectivity index (χ4v) is 1.04. The molecular weight excluding hydrogens is 208 g/mol. The summed E-state index contributed by atoms with van der Waals surface area (Å²) in [6.07, 6.45) is 1.59. The summed E-state index contributed by atoms with van der Waals surface area (Å²) in [5.74, 6) is 0.165. The van der Waals surface area contributed by atoms with Gasteiger partial charge in [0.2, 0.25) is 0 Å². The molecular formula is C12H24O4. The molecule has 0 aromatic rings. The lowest BCUT2D eigenvalue weighted by atomic mass is 10.2. The van der Waals surface area contributed by atoms with Crippen LogP contribution >= 0.6 is 0 Å². The van der Waals surface area contributed by atoms with E-state index in [1.54, 1.807) is 0 Å². The topological polar surface area (TPSA) is 44.8 Å². The first kappa shape index (κ1) is 15.4. The molecule has 0 aromatic carbocycles. The average Bonchev–Trinajstić information content (AvgIpc) is 2.24. The van der Waals surface area contributed by atoms with E-state index in [2.05, 4.69) is 6.92 Å². The lowest BCUT2D eigenvalue weighted by Gasteiger charge is -2.16. The fourth-order valence-electron chi connectivity index (χ4n) is 1.04. The van der Waals surface area contributed by atoms with E-state index < -0.39 is 6.29 Å². The lowest BCUT2D eigenvalue weighted by molar-refractivity contribution is -0.166. The van der Waals surface area contributed by atoms with Gasteiger partial charge >= 0.3 is 5.97 Å². The van der Waals surface area contributed by atoms with Gasteiger partial charge < -0.3 is 14.2 Å². The molecule has 0 aromatic heterocycles. The number of carbonyl (C=O) groups is 1. The van der Waals surface area contributed by atoms with Crippen molar-refractivity contribution in [1.29, 1.82) is 0 Å². The highest BCUT2D eigenvalue weighted by molar-refractivity contribution is 5.69. The van der Waals surface area contributed by atoms with Crippen molar-refractivity contribution in [2.45, 2.75) is 46.3 Å². The molecule has 96 valence electrons. The Morgan fingerprint density at radius 1 is 1.31 bits per heavy atom. The van der Waals surface area contributed by atoms with E-state index >= 15 is 0 Å². The molecule has 0 bridgehead atoms. The molecule has 4 nitrogen and oxygen atoms in total. The zero-order valence-electron chi connectivity index (χ0n) is 10.8. The van der Waals surface area contributed by atoms with Crippen LogP contribution in [0, 0.1) is 5.92 Å². The maximum atomic E-state index is 11.3. The molecule has 0 aliphatic heterocycles. The van der Waals surface area contributed by atoms with Crippen molar-refractivity contribution in [1.82, 2.24) is 0 Å². The van der Waals surface area contributed by atoms with Crippen molar-refractivity contribution in [3.05, 3.63) is 0 Å². The van der Waals surface area contributed by atoms with Gasteiger partial charge in [-0.05, 0) is 12.3 Å². The molecule has 0 N–H and O–H groups in total. The second-order valence-electron chi connectivity index (χ2n) is 4.17. The van der Waals surface area contributed by atoms with E-state index in [-0.39, 0.29) is 12.4 Å². The van der Waals surface area contributed by atoms with Crippen LogP contribution in [0.2, 0.25) is 0 Å². The highest BCUT2D eigenvalue weighted by Crippen LogP contribution is 2.05. The van der Waals surface area contributed by atoms with Gasteiger partial charge in [-0.3, -0.25) is 4.79 Å². The maximum Gasteiger partial charge on any atom is 0.310 e. The summed E-state index contributed by atoms with van der Waals surface area (Å²) >= 11 is 0. The Hall–Kier alpha value is -0.610. The molecule has 1 atom stereocenters. The average molecular weight is 232 g/mol. The highest BCUT2D eigenvalue weighted by atomic mass is 16.7. The number of rotatable bonds is 9. The minimum Gasteiger partial charge on any atom is -0.466 e. The molecule has 0 amide bonds. The first-order valence-corrected chi connectivity index (χ1v) is 5.90. The predicted octanol–water partition coefficient (Wildman–Crippen LogP) is 2.36. The Labute approximate surface area is 98.3 Å². The van der Waals surface area contributed by atoms with Crippen LogP contribution in [0.1, 0.15) is 40.0 Å². The van der Waals surface area contributed by atoms with E-state index in [0.717, 1.165) is 12.8 Å². The van der Waals surface area contributed by atoms with Crippen molar-refractivity contribution in [3.63, 3.8) is 0 Å². The fraction of sp³-hybridized carbons (Fsp3) is 0.917. The summed E-state index contributed by atoms with van der Waals surface area (Å²) in [5, 5.41) is 0. The van der Waals surface area contributed by atoms with Crippen molar-refractivity contribution in [3.8, 4) is 0 Å². The third kappa shape index (κ3) is 8.68. The van der Waals surface area contributed by atoms with Crippen LogP contribution in [0.5, 0.6) is 0 Å². The molecule has 1 unspecified atom stereocenters. The normalized spacial score (nSPS) is 12.8. The minimum absolute atomic E-state index is 0.160. The summed E-state index contributed by atoms with van der Waals surface area (Å²) in [6, 6.07) is 0. The number of ether oxygens (including phenoxy) is 3. The number of hydrogen-bond acceptors (Lipinski definition) is 4. The Balaban J connectivity index is 3.70. The van der Waals surface area contributed by atoms with Crippen LogP contribution in [0.3, 0.4) is 0 Å².